The maximum absolute atomic E-state index is 11.6. The number of anilines is 1. The predicted molar refractivity (Wildman–Crippen MR) is 90.2 cm³/mol. The number of pyridine rings is 1. The Bertz CT molecular complexity index is 616. The van der Waals surface area contributed by atoms with Gasteiger partial charge in [0.1, 0.15) is 5.82 Å². The average molecular weight is 340 g/mol. The number of nitrogens with one attached hydrogen (secondary N) is 3. The van der Waals surface area contributed by atoms with Crippen LogP contribution in [0.3, 0.4) is 0 Å². The van der Waals surface area contributed by atoms with Crippen LogP contribution in [0.2, 0.25) is 0 Å². The molecule has 0 saturated carbocycles. The van der Waals surface area contributed by atoms with Gasteiger partial charge in [0.05, 0.1) is 11.5 Å². The average Bonchev–Trinajstić information content (AvgIpc) is 2.86. The van der Waals surface area contributed by atoms with Crippen molar-refractivity contribution >= 4 is 21.7 Å². The van der Waals surface area contributed by atoms with Gasteiger partial charge in [0.15, 0.2) is 9.84 Å². The van der Waals surface area contributed by atoms with Gasteiger partial charge in [0.25, 0.3) is 0 Å². The zero-order chi connectivity index (χ0) is 16.7. The van der Waals surface area contributed by atoms with Crippen LogP contribution < -0.4 is 16.0 Å². The van der Waals surface area contributed by atoms with Crippen LogP contribution in [0.5, 0.6) is 0 Å². The van der Waals surface area contributed by atoms with E-state index in [9.17, 15) is 13.2 Å². The van der Waals surface area contributed by atoms with E-state index in [1.165, 1.54) is 0 Å². The Labute approximate surface area is 137 Å². The number of carbonyl (C=O) groups is 1. The zero-order valence-electron chi connectivity index (χ0n) is 13.3. The number of hydrogen-bond acceptors (Lipinski definition) is 5. The topological polar surface area (TPSA) is 100 Å². The highest BCUT2D eigenvalue weighted by atomic mass is 32.2. The van der Waals surface area contributed by atoms with Gasteiger partial charge in [0, 0.05) is 25.8 Å². The van der Waals surface area contributed by atoms with E-state index in [0.717, 1.165) is 24.3 Å². The Balaban J connectivity index is 1.52. The predicted octanol–water partition coefficient (Wildman–Crippen LogP) is 0.926. The van der Waals surface area contributed by atoms with E-state index in [-0.39, 0.29) is 23.5 Å². The molecule has 1 aliphatic rings. The number of rotatable bonds is 7. The molecule has 2 amide bonds. The monoisotopic (exact) mass is 340 g/mol. The van der Waals surface area contributed by atoms with E-state index in [4.69, 9.17) is 0 Å². The van der Waals surface area contributed by atoms with Crippen molar-refractivity contribution in [1.29, 1.82) is 0 Å². The molecule has 1 saturated heterocycles. The molecule has 1 aliphatic heterocycles. The number of sulfone groups is 1. The number of nitrogens with zero attached hydrogens (tertiary/aromatic N) is 1. The van der Waals surface area contributed by atoms with Crippen LogP contribution >= 0.6 is 0 Å². The number of aromatic nitrogens is 1. The Kier molecular flexibility index (Phi) is 6.20. The molecule has 0 bridgehead atoms. The first-order valence-electron chi connectivity index (χ1n) is 7.83. The van der Waals surface area contributed by atoms with Crippen LogP contribution in [-0.2, 0) is 9.84 Å². The van der Waals surface area contributed by atoms with Gasteiger partial charge < -0.3 is 16.0 Å². The van der Waals surface area contributed by atoms with Crippen molar-refractivity contribution in [3.05, 3.63) is 23.9 Å². The maximum Gasteiger partial charge on any atom is 0.314 e. The summed E-state index contributed by atoms with van der Waals surface area (Å²) in [4.78, 5) is 15.9. The second kappa shape index (κ2) is 8.14. The quantitative estimate of drug-likeness (QED) is 0.641. The summed E-state index contributed by atoms with van der Waals surface area (Å²) in [6.07, 6.45) is 3.22. The molecule has 2 heterocycles. The molecule has 0 unspecified atom stereocenters. The largest absolute Gasteiger partial charge is 0.370 e. The third kappa shape index (κ3) is 6.43. The van der Waals surface area contributed by atoms with Gasteiger partial charge >= 0.3 is 6.03 Å². The van der Waals surface area contributed by atoms with Gasteiger partial charge in [-0.2, -0.15) is 0 Å². The van der Waals surface area contributed by atoms with Crippen molar-refractivity contribution < 1.29 is 13.2 Å². The Morgan fingerprint density at radius 1 is 1.30 bits per heavy atom. The van der Waals surface area contributed by atoms with Crippen molar-refractivity contribution in [2.24, 2.45) is 5.92 Å². The number of urea groups is 1. The summed E-state index contributed by atoms with van der Waals surface area (Å²) in [5.74, 6) is 1.28. The molecular weight excluding hydrogens is 316 g/mol. The first-order valence-corrected chi connectivity index (χ1v) is 9.65. The Morgan fingerprint density at radius 2 is 2.13 bits per heavy atom. The molecule has 23 heavy (non-hydrogen) atoms. The lowest BCUT2D eigenvalue weighted by Gasteiger charge is -2.11. The molecule has 1 aromatic heterocycles. The Hall–Kier alpha value is -1.83. The summed E-state index contributed by atoms with van der Waals surface area (Å²) in [7, 11) is -2.88. The minimum absolute atomic E-state index is 0.0417. The molecule has 1 atom stereocenters. The molecule has 0 spiro atoms. The van der Waals surface area contributed by atoms with Gasteiger partial charge in [-0.05, 0) is 37.3 Å². The summed E-state index contributed by atoms with van der Waals surface area (Å²) in [5.41, 5.74) is 1.11. The first kappa shape index (κ1) is 17.5. The smallest absolute Gasteiger partial charge is 0.314 e. The van der Waals surface area contributed by atoms with E-state index < -0.39 is 9.84 Å². The molecule has 1 fully saturated rings. The summed E-state index contributed by atoms with van der Waals surface area (Å²) < 4.78 is 22.6. The highest BCUT2D eigenvalue weighted by molar-refractivity contribution is 7.91. The number of aryl methyl sites for hydroxylation is 1. The zero-order valence-corrected chi connectivity index (χ0v) is 14.2. The fourth-order valence-electron chi connectivity index (χ4n) is 2.41. The molecule has 0 radical (unpaired) electrons. The minimum atomic E-state index is -2.88. The third-order valence-corrected chi connectivity index (χ3v) is 5.57. The van der Waals surface area contributed by atoms with E-state index in [0.29, 0.717) is 19.5 Å². The number of hydrogen-bond donors (Lipinski definition) is 3. The van der Waals surface area contributed by atoms with E-state index in [2.05, 4.69) is 20.9 Å². The molecule has 1 aromatic rings. The number of amides is 2. The van der Waals surface area contributed by atoms with Crippen LogP contribution in [0.1, 0.15) is 18.4 Å². The summed E-state index contributed by atoms with van der Waals surface area (Å²) in [6.45, 7) is 3.67. The van der Waals surface area contributed by atoms with Crippen molar-refractivity contribution in [1.82, 2.24) is 15.6 Å². The molecule has 2 rings (SSSR count). The van der Waals surface area contributed by atoms with E-state index in [1.54, 1.807) is 6.20 Å². The van der Waals surface area contributed by atoms with Gasteiger partial charge in [-0.15, -0.1) is 0 Å². The highest BCUT2D eigenvalue weighted by Gasteiger charge is 2.27. The SMILES string of the molecule is Cc1ccc(NCCCNC(=O)NC[C@@H]2CCS(=O)(=O)C2)nc1. The van der Waals surface area contributed by atoms with Crippen LogP contribution in [0.15, 0.2) is 18.3 Å². The van der Waals surface area contributed by atoms with Crippen molar-refractivity contribution in [2.45, 2.75) is 19.8 Å². The summed E-state index contributed by atoms with van der Waals surface area (Å²) in [6, 6.07) is 3.66. The van der Waals surface area contributed by atoms with Crippen molar-refractivity contribution in [3.8, 4) is 0 Å². The maximum atomic E-state index is 11.6. The normalized spacial score (nSPS) is 19.3. The van der Waals surface area contributed by atoms with Crippen molar-refractivity contribution in [2.75, 3.05) is 36.5 Å². The van der Waals surface area contributed by atoms with Crippen LogP contribution in [0.4, 0.5) is 10.6 Å². The third-order valence-electron chi connectivity index (χ3n) is 3.73. The molecule has 0 aliphatic carbocycles. The molecule has 0 aromatic carbocycles. The van der Waals surface area contributed by atoms with Gasteiger partial charge in [-0.1, -0.05) is 6.07 Å². The van der Waals surface area contributed by atoms with Gasteiger partial charge in [0.2, 0.25) is 0 Å². The number of carbonyl (C=O) groups excluding carboxylic acids is 1. The van der Waals surface area contributed by atoms with Gasteiger partial charge in [-0.3, -0.25) is 0 Å². The molecule has 3 N–H and O–H groups in total. The first-order chi connectivity index (χ1) is 10.9. The molecule has 128 valence electrons. The van der Waals surface area contributed by atoms with Crippen LogP contribution in [-0.4, -0.2) is 50.6 Å². The fraction of sp³-hybridized carbons (Fsp3) is 0.600. The summed E-state index contributed by atoms with van der Waals surface area (Å²) in [5, 5.41) is 8.67. The highest BCUT2D eigenvalue weighted by Crippen LogP contribution is 2.17. The lowest BCUT2D eigenvalue weighted by molar-refractivity contribution is 0.239. The van der Waals surface area contributed by atoms with E-state index in [1.807, 2.05) is 19.1 Å². The second-order valence-corrected chi connectivity index (χ2v) is 8.14. The molecule has 7 nitrogen and oxygen atoms in total. The van der Waals surface area contributed by atoms with Crippen molar-refractivity contribution in [3.63, 3.8) is 0 Å². The fourth-order valence-corrected chi connectivity index (χ4v) is 4.27. The second-order valence-electron chi connectivity index (χ2n) is 5.91. The van der Waals surface area contributed by atoms with Crippen LogP contribution in [0, 0.1) is 12.8 Å². The molecule has 8 heteroatoms. The van der Waals surface area contributed by atoms with Crippen LogP contribution in [0.25, 0.3) is 0 Å². The summed E-state index contributed by atoms with van der Waals surface area (Å²) >= 11 is 0. The Morgan fingerprint density at radius 3 is 2.78 bits per heavy atom. The minimum Gasteiger partial charge on any atom is -0.370 e. The van der Waals surface area contributed by atoms with Gasteiger partial charge in [-0.25, -0.2) is 18.2 Å². The standard InChI is InChI=1S/C15H24N4O3S/c1-12-3-4-14(18-9-12)16-6-2-7-17-15(20)19-10-13-5-8-23(21,22)11-13/h3-4,9,13H,2,5-8,10-11H2,1H3,(H,16,18)(H2,17,19,20)/t13-/m0/s1. The lowest BCUT2D eigenvalue weighted by Crippen LogP contribution is -2.39. The van der Waals surface area contributed by atoms with E-state index >= 15 is 0 Å². The lowest BCUT2D eigenvalue weighted by atomic mass is 10.1. The molecular formula is C15H24N4O3S.